The molecule has 0 bridgehead atoms. The van der Waals surface area contributed by atoms with Gasteiger partial charge >= 0.3 is 0 Å². The molecule has 0 heterocycles. The number of benzene rings is 20. The van der Waals surface area contributed by atoms with Crippen molar-refractivity contribution in [2.75, 3.05) is 0 Å². The molecule has 0 saturated heterocycles. The number of rotatable bonds is 6. The van der Waals surface area contributed by atoms with Crippen LogP contribution >= 0.6 is 0 Å². The van der Waals surface area contributed by atoms with Crippen molar-refractivity contribution in [3.05, 3.63) is 386 Å². The molecule has 0 heteroatoms. The average molecular weight is 1350 g/mol. The summed E-state index contributed by atoms with van der Waals surface area (Å²) in [6.07, 6.45) is 0. The Kier molecular flexibility index (Phi) is 13.8. The molecular formula is C106H72. The summed E-state index contributed by atoms with van der Waals surface area (Å²) in [5.74, 6) is 0. The van der Waals surface area contributed by atoms with Crippen molar-refractivity contribution in [1.29, 1.82) is 0 Å². The third kappa shape index (κ3) is 9.33. The predicted molar refractivity (Wildman–Crippen MR) is 456 cm³/mol. The van der Waals surface area contributed by atoms with Crippen LogP contribution in [0.15, 0.2) is 364 Å². The van der Waals surface area contributed by atoms with Gasteiger partial charge in [-0.05, 0) is 249 Å². The zero-order chi connectivity index (χ0) is 70.5. The highest BCUT2D eigenvalue weighted by atomic mass is 14.4. The Morgan fingerprint density at radius 1 is 0.142 bits per heavy atom. The first kappa shape index (κ1) is 61.6. The quantitative estimate of drug-likeness (QED) is 0.115. The van der Waals surface area contributed by atoms with E-state index in [0.29, 0.717) is 0 Å². The van der Waals surface area contributed by atoms with E-state index in [9.17, 15) is 0 Å². The van der Waals surface area contributed by atoms with Gasteiger partial charge in [0, 0.05) is 10.8 Å². The molecule has 0 radical (unpaired) electrons. The van der Waals surface area contributed by atoms with Crippen LogP contribution in [0, 0.1) is 0 Å². The number of hydrogen-bond donors (Lipinski definition) is 0. The molecule has 0 atom stereocenters. The third-order valence-electron chi connectivity index (χ3n) is 23.9. The summed E-state index contributed by atoms with van der Waals surface area (Å²) in [6, 6.07) is 136. The molecule has 496 valence electrons. The molecule has 0 saturated carbocycles. The smallest absolute Gasteiger partial charge is 0.0171 e. The van der Waals surface area contributed by atoms with Crippen molar-refractivity contribution in [2.45, 2.75) is 38.5 Å². The van der Waals surface area contributed by atoms with Gasteiger partial charge in [0.25, 0.3) is 0 Å². The Morgan fingerprint density at radius 3 is 0.925 bits per heavy atom. The molecule has 0 aliphatic heterocycles. The summed E-state index contributed by atoms with van der Waals surface area (Å²) in [5.41, 5.74) is 26.1. The van der Waals surface area contributed by atoms with Crippen LogP contribution in [0.3, 0.4) is 0 Å². The van der Waals surface area contributed by atoms with Gasteiger partial charge in [-0.1, -0.05) is 361 Å². The Hall–Kier alpha value is -13.0. The first-order valence-electron chi connectivity index (χ1n) is 37.4. The fourth-order valence-electron chi connectivity index (χ4n) is 19.5. The zero-order valence-electron chi connectivity index (χ0n) is 59.6. The lowest BCUT2D eigenvalue weighted by atomic mass is 9.77. The highest BCUT2D eigenvalue weighted by Crippen LogP contribution is 2.58. The van der Waals surface area contributed by atoms with Crippen LogP contribution in [0.2, 0.25) is 0 Å². The van der Waals surface area contributed by atoms with Gasteiger partial charge in [0.05, 0.1) is 0 Å². The minimum absolute atomic E-state index is 0.140. The van der Waals surface area contributed by atoms with Crippen molar-refractivity contribution in [1.82, 2.24) is 0 Å². The first-order chi connectivity index (χ1) is 52.1. The van der Waals surface area contributed by atoms with E-state index in [-0.39, 0.29) is 10.8 Å². The topological polar surface area (TPSA) is 0 Å². The highest BCUT2D eigenvalue weighted by molar-refractivity contribution is 6.26. The van der Waals surface area contributed by atoms with E-state index in [4.69, 9.17) is 0 Å². The Labute approximate surface area is 617 Å². The standard InChI is InChI=1S/C57H38.C49H34/c1-57(2)55-41-19-6-5-14-35(41)28-31-51(55)50-27-12-24-42(56(50)57)38-17-11-18-40(33-38)53-46-20-7-9-22-48(46)54(49-23-10-8-21-47(49)53)45-26-13-25-43-44(45)30-29-39-32-36-15-3-4-16-37(36)34-52(39)43;1-49(2)47-37-18-6-5-14-32(37)27-28-44(47)43-24-12-23-38(48(43)49)34-16-11-17-35(30-34)45-39-19-7-9-21-41(39)46(42-22-10-8-20-40(42)45)36-26-25-31-13-3-4-15-33(31)29-36/h3-34H,1-2H3;3-30H,1-2H3. The van der Waals surface area contributed by atoms with E-state index < -0.39 is 0 Å². The number of fused-ring (bicyclic) bond motifs is 19. The van der Waals surface area contributed by atoms with Crippen LogP contribution in [0.25, 0.3) is 197 Å². The van der Waals surface area contributed by atoms with E-state index in [2.05, 4.69) is 392 Å². The van der Waals surface area contributed by atoms with Gasteiger partial charge in [-0.3, -0.25) is 0 Å². The second-order valence-corrected chi connectivity index (χ2v) is 30.4. The molecule has 106 heavy (non-hydrogen) atoms. The minimum Gasteiger partial charge on any atom is -0.0616 e. The molecule has 0 nitrogen and oxygen atoms in total. The average Bonchev–Trinajstić information content (AvgIpc) is 1.49. The molecular weight excluding hydrogens is 1270 g/mol. The van der Waals surface area contributed by atoms with E-state index in [0.717, 1.165) is 0 Å². The lowest BCUT2D eigenvalue weighted by molar-refractivity contribution is 0.668. The SMILES string of the molecule is CC1(C)c2c(-c3cccc(-c4c5ccccc5c(-c5ccc6ccccc6c5)c5ccccc45)c3)cccc2-c2ccc3ccccc3c21.CC1(C)c2c(-c3cccc(-c4c5ccccc5c(-c5cccc6c5ccc5cc7ccccc7cc56)c5ccccc45)c3)cccc2-c2ccc3ccccc3c21. The summed E-state index contributed by atoms with van der Waals surface area (Å²) in [4.78, 5) is 0. The molecule has 0 amide bonds. The van der Waals surface area contributed by atoms with Crippen molar-refractivity contribution in [3.63, 3.8) is 0 Å². The molecule has 22 rings (SSSR count). The second kappa shape index (κ2) is 23.8. The van der Waals surface area contributed by atoms with E-state index in [1.54, 1.807) is 0 Å². The van der Waals surface area contributed by atoms with E-state index in [1.165, 1.54) is 219 Å². The second-order valence-electron chi connectivity index (χ2n) is 30.4. The summed E-state index contributed by atoms with van der Waals surface area (Å²) >= 11 is 0. The molecule has 0 aromatic heterocycles. The van der Waals surface area contributed by atoms with Gasteiger partial charge in [-0.2, -0.15) is 0 Å². The maximum atomic E-state index is 2.44. The van der Waals surface area contributed by atoms with Gasteiger partial charge < -0.3 is 0 Å². The monoisotopic (exact) mass is 1340 g/mol. The maximum absolute atomic E-state index is 2.44. The van der Waals surface area contributed by atoms with Crippen LogP contribution in [-0.4, -0.2) is 0 Å². The zero-order valence-corrected chi connectivity index (χ0v) is 59.6. The van der Waals surface area contributed by atoms with Crippen LogP contribution in [0.1, 0.15) is 49.9 Å². The Balaban J connectivity index is 0.000000138. The van der Waals surface area contributed by atoms with E-state index >= 15 is 0 Å². The summed E-state index contributed by atoms with van der Waals surface area (Å²) in [7, 11) is 0. The van der Waals surface area contributed by atoms with Crippen molar-refractivity contribution in [3.8, 4) is 89.0 Å². The highest BCUT2D eigenvalue weighted by Gasteiger charge is 2.41. The first-order valence-corrected chi connectivity index (χ1v) is 37.4. The summed E-state index contributed by atoms with van der Waals surface area (Å²) in [6.45, 7) is 9.64. The molecule has 20 aromatic carbocycles. The van der Waals surface area contributed by atoms with Crippen LogP contribution in [0.5, 0.6) is 0 Å². The molecule has 20 aromatic rings. The third-order valence-corrected chi connectivity index (χ3v) is 23.9. The minimum atomic E-state index is -0.157. The largest absolute Gasteiger partial charge is 0.0616 e. The lowest BCUT2D eigenvalue weighted by Crippen LogP contribution is -2.16. The van der Waals surface area contributed by atoms with Crippen LogP contribution in [-0.2, 0) is 10.8 Å². The molecule has 0 N–H and O–H groups in total. The maximum Gasteiger partial charge on any atom is 0.0171 e. The lowest BCUT2D eigenvalue weighted by Gasteiger charge is -2.26. The summed E-state index contributed by atoms with van der Waals surface area (Å²) in [5, 5.41) is 25.7. The molecule has 0 unspecified atom stereocenters. The predicted octanol–water partition coefficient (Wildman–Crippen LogP) is 29.5. The molecule has 2 aliphatic carbocycles. The fourth-order valence-corrected chi connectivity index (χ4v) is 19.5. The van der Waals surface area contributed by atoms with Gasteiger partial charge in [0.15, 0.2) is 0 Å². The van der Waals surface area contributed by atoms with Gasteiger partial charge in [-0.15, -0.1) is 0 Å². The Morgan fingerprint density at radius 2 is 0.453 bits per heavy atom. The van der Waals surface area contributed by atoms with Crippen molar-refractivity contribution in [2.24, 2.45) is 0 Å². The molecule has 0 spiro atoms. The van der Waals surface area contributed by atoms with E-state index in [1.807, 2.05) is 0 Å². The number of hydrogen-bond acceptors (Lipinski definition) is 0. The van der Waals surface area contributed by atoms with Crippen LogP contribution < -0.4 is 0 Å². The van der Waals surface area contributed by atoms with Crippen molar-refractivity contribution >= 4 is 108 Å². The molecule has 0 fully saturated rings. The van der Waals surface area contributed by atoms with Gasteiger partial charge in [0.1, 0.15) is 0 Å². The fraction of sp³-hybridized carbons (Fsp3) is 0.0566. The van der Waals surface area contributed by atoms with Gasteiger partial charge in [-0.25, -0.2) is 0 Å². The summed E-state index contributed by atoms with van der Waals surface area (Å²) < 4.78 is 0. The molecule has 2 aliphatic rings. The Bertz CT molecular complexity index is 7020. The van der Waals surface area contributed by atoms with Crippen LogP contribution in [0.4, 0.5) is 0 Å². The van der Waals surface area contributed by atoms with Gasteiger partial charge in [0.2, 0.25) is 0 Å². The normalized spacial score (nSPS) is 13.2. The van der Waals surface area contributed by atoms with Crippen molar-refractivity contribution < 1.29 is 0 Å².